The van der Waals surface area contributed by atoms with Gasteiger partial charge in [-0.05, 0) is 38.1 Å². The molecule has 0 aliphatic carbocycles. The van der Waals surface area contributed by atoms with Crippen molar-refractivity contribution < 1.29 is 16.8 Å². The zero-order valence-corrected chi connectivity index (χ0v) is 11.5. The lowest BCUT2D eigenvalue weighted by Gasteiger charge is -2.10. The van der Waals surface area contributed by atoms with Crippen LogP contribution < -0.4 is 4.72 Å². The lowest BCUT2D eigenvalue weighted by molar-refractivity contribution is 0.592. The highest BCUT2D eigenvalue weighted by molar-refractivity contribution is 7.93. The molecule has 5 nitrogen and oxygen atoms in total. The van der Waals surface area contributed by atoms with Crippen LogP contribution in [0.4, 0.5) is 5.69 Å². The van der Waals surface area contributed by atoms with Crippen LogP contribution in [0, 0.1) is 0 Å². The molecule has 1 aromatic carbocycles. The summed E-state index contributed by atoms with van der Waals surface area (Å²) in [5.41, 5.74) is 0.353. The number of sulfonamides is 1. The minimum atomic E-state index is -3.40. The molecule has 17 heavy (non-hydrogen) atoms. The monoisotopic (exact) mass is 277 g/mol. The predicted octanol–water partition coefficient (Wildman–Crippen LogP) is 1.24. The Balaban J connectivity index is 2.98. The standard InChI is InChI=1S/C10H15NO4S2/c1-8(2)17(14,15)11-9-4-6-10(7-5-9)16(3,12)13/h4-8,11H,1-3H3. The Morgan fingerprint density at radius 1 is 1.00 bits per heavy atom. The summed E-state index contributed by atoms with van der Waals surface area (Å²) in [5, 5.41) is -0.544. The van der Waals surface area contributed by atoms with Gasteiger partial charge in [0.15, 0.2) is 9.84 Å². The van der Waals surface area contributed by atoms with E-state index in [1.54, 1.807) is 13.8 Å². The summed E-state index contributed by atoms with van der Waals surface area (Å²) in [6.07, 6.45) is 1.10. The second kappa shape index (κ2) is 4.66. The predicted molar refractivity (Wildman–Crippen MR) is 67.2 cm³/mol. The van der Waals surface area contributed by atoms with Crippen molar-refractivity contribution in [2.45, 2.75) is 24.0 Å². The van der Waals surface area contributed by atoms with Crippen molar-refractivity contribution in [3.8, 4) is 0 Å². The molecule has 7 heteroatoms. The molecular weight excluding hydrogens is 262 g/mol. The number of benzene rings is 1. The summed E-state index contributed by atoms with van der Waals surface area (Å²) < 4.78 is 47.9. The van der Waals surface area contributed by atoms with Gasteiger partial charge >= 0.3 is 0 Å². The van der Waals surface area contributed by atoms with Crippen LogP contribution in [0.1, 0.15) is 13.8 Å². The SMILES string of the molecule is CC(C)S(=O)(=O)Nc1ccc(S(C)(=O)=O)cc1. The zero-order chi connectivity index (χ0) is 13.3. The third-order valence-corrected chi connectivity index (χ3v) is 5.05. The van der Waals surface area contributed by atoms with Crippen LogP contribution in [0.2, 0.25) is 0 Å². The third-order valence-electron chi connectivity index (χ3n) is 2.16. The van der Waals surface area contributed by atoms with Crippen LogP contribution in [0.5, 0.6) is 0 Å². The van der Waals surface area contributed by atoms with Gasteiger partial charge in [0.25, 0.3) is 0 Å². The zero-order valence-electron chi connectivity index (χ0n) is 9.84. The summed E-state index contributed by atoms with van der Waals surface area (Å²) in [5.74, 6) is 0. The fourth-order valence-electron chi connectivity index (χ4n) is 1.05. The molecule has 0 saturated carbocycles. The first-order chi connectivity index (χ1) is 7.63. The number of hydrogen-bond acceptors (Lipinski definition) is 4. The number of sulfone groups is 1. The molecule has 96 valence electrons. The van der Waals surface area contributed by atoms with E-state index in [1.807, 2.05) is 0 Å². The van der Waals surface area contributed by atoms with Gasteiger partial charge in [0.2, 0.25) is 10.0 Å². The van der Waals surface area contributed by atoms with Crippen molar-refractivity contribution in [3.63, 3.8) is 0 Å². The lowest BCUT2D eigenvalue weighted by atomic mass is 10.3. The second-order valence-electron chi connectivity index (χ2n) is 3.99. The first-order valence-electron chi connectivity index (χ1n) is 4.94. The molecule has 1 N–H and O–H groups in total. The molecule has 1 rings (SSSR count). The molecule has 0 aliphatic rings. The number of hydrogen-bond donors (Lipinski definition) is 1. The van der Waals surface area contributed by atoms with E-state index in [9.17, 15) is 16.8 Å². The Bertz CT molecular complexity index is 586. The number of rotatable bonds is 4. The average Bonchev–Trinajstić information content (AvgIpc) is 2.16. The summed E-state index contributed by atoms with van der Waals surface area (Å²) in [4.78, 5) is 0.157. The van der Waals surface area contributed by atoms with E-state index in [4.69, 9.17) is 0 Å². The van der Waals surface area contributed by atoms with Gasteiger partial charge in [-0.2, -0.15) is 0 Å². The Morgan fingerprint density at radius 3 is 1.82 bits per heavy atom. The highest BCUT2D eigenvalue weighted by atomic mass is 32.2. The normalized spacial score (nSPS) is 12.7. The maximum Gasteiger partial charge on any atom is 0.235 e. The van der Waals surface area contributed by atoms with Gasteiger partial charge in [0.05, 0.1) is 10.1 Å². The van der Waals surface area contributed by atoms with E-state index in [0.29, 0.717) is 5.69 Å². The van der Waals surface area contributed by atoms with Crippen LogP contribution in [0.25, 0.3) is 0 Å². The summed E-state index contributed by atoms with van der Waals surface area (Å²) in [7, 11) is -6.66. The smallest absolute Gasteiger partial charge is 0.235 e. The van der Waals surface area contributed by atoms with Gasteiger partial charge in [-0.3, -0.25) is 4.72 Å². The van der Waals surface area contributed by atoms with Crippen LogP contribution in [0.15, 0.2) is 29.2 Å². The summed E-state index contributed by atoms with van der Waals surface area (Å²) >= 11 is 0. The van der Waals surface area contributed by atoms with Crippen LogP contribution in [0.3, 0.4) is 0 Å². The molecule has 1 aromatic rings. The largest absolute Gasteiger partial charge is 0.283 e. The maximum absolute atomic E-state index is 11.6. The van der Waals surface area contributed by atoms with E-state index in [2.05, 4.69) is 4.72 Å². The van der Waals surface area contributed by atoms with Gasteiger partial charge in [0.1, 0.15) is 0 Å². The van der Waals surface area contributed by atoms with Gasteiger partial charge in [-0.1, -0.05) is 0 Å². The first-order valence-corrected chi connectivity index (χ1v) is 8.38. The van der Waals surface area contributed by atoms with Crippen LogP contribution in [-0.4, -0.2) is 28.3 Å². The Kier molecular flexibility index (Phi) is 3.83. The van der Waals surface area contributed by atoms with Crippen molar-refractivity contribution in [2.75, 3.05) is 11.0 Å². The van der Waals surface area contributed by atoms with E-state index in [1.165, 1.54) is 24.3 Å². The molecular formula is C10H15NO4S2. The van der Waals surface area contributed by atoms with Gasteiger partial charge in [-0.25, -0.2) is 16.8 Å². The maximum atomic E-state index is 11.6. The van der Waals surface area contributed by atoms with E-state index in [0.717, 1.165) is 6.26 Å². The molecule has 0 radical (unpaired) electrons. The van der Waals surface area contributed by atoms with Crippen LogP contribution >= 0.6 is 0 Å². The molecule has 0 spiro atoms. The van der Waals surface area contributed by atoms with Crippen LogP contribution in [-0.2, 0) is 19.9 Å². The Labute approximate surface area is 102 Å². The Hall–Kier alpha value is -1.08. The first kappa shape index (κ1) is 14.0. The molecule has 0 saturated heterocycles. The number of anilines is 1. The lowest BCUT2D eigenvalue weighted by Crippen LogP contribution is -2.22. The Morgan fingerprint density at radius 2 is 1.47 bits per heavy atom. The molecule has 0 atom stereocenters. The fraction of sp³-hybridized carbons (Fsp3) is 0.400. The second-order valence-corrected chi connectivity index (χ2v) is 8.25. The molecule has 0 unspecified atom stereocenters. The summed E-state index contributed by atoms with van der Waals surface area (Å²) in [6.45, 7) is 3.13. The quantitative estimate of drug-likeness (QED) is 0.898. The molecule has 0 amide bonds. The molecule has 0 heterocycles. The van der Waals surface area contributed by atoms with Crippen molar-refractivity contribution in [2.24, 2.45) is 0 Å². The van der Waals surface area contributed by atoms with E-state index < -0.39 is 25.1 Å². The average molecular weight is 277 g/mol. The minimum absolute atomic E-state index is 0.157. The van der Waals surface area contributed by atoms with Gasteiger partial charge in [-0.15, -0.1) is 0 Å². The van der Waals surface area contributed by atoms with Gasteiger partial charge in [0, 0.05) is 11.9 Å². The fourth-order valence-corrected chi connectivity index (χ4v) is 2.38. The highest BCUT2D eigenvalue weighted by Gasteiger charge is 2.15. The highest BCUT2D eigenvalue weighted by Crippen LogP contribution is 2.16. The van der Waals surface area contributed by atoms with Crippen molar-refractivity contribution >= 4 is 25.5 Å². The van der Waals surface area contributed by atoms with Crippen molar-refractivity contribution in [3.05, 3.63) is 24.3 Å². The summed E-state index contributed by atoms with van der Waals surface area (Å²) in [6, 6.07) is 5.59. The molecule has 0 bridgehead atoms. The van der Waals surface area contributed by atoms with E-state index in [-0.39, 0.29) is 4.90 Å². The third kappa shape index (κ3) is 3.71. The molecule has 0 aliphatic heterocycles. The van der Waals surface area contributed by atoms with Crippen molar-refractivity contribution in [1.82, 2.24) is 0 Å². The molecule has 0 aromatic heterocycles. The minimum Gasteiger partial charge on any atom is -0.283 e. The topological polar surface area (TPSA) is 80.3 Å². The number of nitrogens with one attached hydrogen (secondary N) is 1. The van der Waals surface area contributed by atoms with Crippen molar-refractivity contribution in [1.29, 1.82) is 0 Å². The molecule has 0 fully saturated rings. The van der Waals surface area contributed by atoms with Gasteiger partial charge < -0.3 is 0 Å². The van der Waals surface area contributed by atoms with E-state index >= 15 is 0 Å².